The Hall–Kier alpha value is -3.66. The maximum absolute atomic E-state index is 13.4. The van der Waals surface area contributed by atoms with Gasteiger partial charge in [0.2, 0.25) is 0 Å². The molecule has 180 valence electrons. The molecule has 0 saturated carbocycles. The van der Waals surface area contributed by atoms with Crippen LogP contribution >= 0.6 is 0 Å². The van der Waals surface area contributed by atoms with Crippen LogP contribution in [0.3, 0.4) is 0 Å². The van der Waals surface area contributed by atoms with Gasteiger partial charge in [-0.05, 0) is 54.6 Å². The van der Waals surface area contributed by atoms with Gasteiger partial charge >= 0.3 is 0 Å². The van der Waals surface area contributed by atoms with Crippen molar-refractivity contribution in [2.24, 2.45) is 0 Å². The molecule has 34 heavy (non-hydrogen) atoms. The molecule has 0 unspecified atom stereocenters. The fraction of sp³-hybridized carbons (Fsp3) is 0.292. The minimum Gasteiger partial charge on any atom is -0.497 e. The number of carbonyl (C=O) groups excluding carboxylic acids is 1. The third-order valence-electron chi connectivity index (χ3n) is 5.88. The van der Waals surface area contributed by atoms with Crippen molar-refractivity contribution in [3.8, 4) is 11.5 Å². The summed E-state index contributed by atoms with van der Waals surface area (Å²) < 4.78 is 43.8. The summed E-state index contributed by atoms with van der Waals surface area (Å²) in [5.74, 6) is 1.36. The van der Waals surface area contributed by atoms with Gasteiger partial charge in [0.1, 0.15) is 11.5 Å². The van der Waals surface area contributed by atoms with Crippen LogP contribution in [0.25, 0.3) is 0 Å². The standard InChI is InChI=1S/C24H27N3O6S/c1-25(18-6-8-19(31-2)9-7-18)34(29,30)20-10-11-22(32-3)21(17-20)26-12-14-27(15-13-26)24(28)23-5-4-16-33-23/h4-11,16-17H,12-15H2,1-3H3. The van der Waals surface area contributed by atoms with Crippen molar-refractivity contribution in [1.82, 2.24) is 4.90 Å². The molecule has 1 aliphatic heterocycles. The van der Waals surface area contributed by atoms with Crippen LogP contribution in [0.5, 0.6) is 11.5 Å². The van der Waals surface area contributed by atoms with Gasteiger partial charge in [-0.3, -0.25) is 9.10 Å². The number of methoxy groups -OCH3 is 2. The lowest BCUT2D eigenvalue weighted by Crippen LogP contribution is -2.48. The molecule has 1 saturated heterocycles. The predicted molar refractivity (Wildman–Crippen MR) is 128 cm³/mol. The van der Waals surface area contributed by atoms with Crippen LogP contribution in [-0.2, 0) is 10.0 Å². The Morgan fingerprint density at radius 3 is 2.26 bits per heavy atom. The number of ether oxygens (including phenoxy) is 2. The van der Waals surface area contributed by atoms with E-state index in [1.54, 1.807) is 67.7 Å². The lowest BCUT2D eigenvalue weighted by molar-refractivity contribution is 0.0714. The van der Waals surface area contributed by atoms with Gasteiger partial charge in [-0.2, -0.15) is 0 Å². The highest BCUT2D eigenvalue weighted by Crippen LogP contribution is 2.34. The van der Waals surface area contributed by atoms with E-state index in [9.17, 15) is 13.2 Å². The molecule has 0 aliphatic carbocycles. The monoisotopic (exact) mass is 485 g/mol. The molecular weight excluding hydrogens is 458 g/mol. The Bertz CT molecular complexity index is 1230. The summed E-state index contributed by atoms with van der Waals surface area (Å²) in [7, 11) is 0.801. The molecular formula is C24H27N3O6S. The number of benzene rings is 2. The molecule has 2 heterocycles. The van der Waals surface area contributed by atoms with E-state index in [1.807, 2.05) is 4.90 Å². The Morgan fingerprint density at radius 1 is 0.971 bits per heavy atom. The number of hydrogen-bond acceptors (Lipinski definition) is 7. The van der Waals surface area contributed by atoms with Crippen LogP contribution in [0, 0.1) is 0 Å². The second-order valence-corrected chi connectivity index (χ2v) is 9.73. The number of furan rings is 1. The highest BCUT2D eigenvalue weighted by Gasteiger charge is 2.28. The lowest BCUT2D eigenvalue weighted by Gasteiger charge is -2.36. The number of rotatable bonds is 7. The quantitative estimate of drug-likeness (QED) is 0.508. The van der Waals surface area contributed by atoms with Crippen molar-refractivity contribution in [3.63, 3.8) is 0 Å². The molecule has 9 nitrogen and oxygen atoms in total. The average Bonchev–Trinajstić information content (AvgIpc) is 3.42. The minimum atomic E-state index is -3.82. The van der Waals surface area contributed by atoms with Crippen LogP contribution in [0.2, 0.25) is 0 Å². The first-order valence-corrected chi connectivity index (χ1v) is 12.2. The van der Waals surface area contributed by atoms with Crippen LogP contribution in [0.1, 0.15) is 10.6 Å². The summed E-state index contributed by atoms with van der Waals surface area (Å²) in [6, 6.07) is 15.0. The van der Waals surface area contributed by atoms with Crippen molar-refractivity contribution >= 4 is 27.3 Å². The number of hydrogen-bond donors (Lipinski definition) is 0. The van der Waals surface area contributed by atoms with Crippen LogP contribution < -0.4 is 18.7 Å². The first-order chi connectivity index (χ1) is 16.3. The molecule has 0 N–H and O–H groups in total. The summed E-state index contributed by atoms with van der Waals surface area (Å²) in [4.78, 5) is 16.5. The van der Waals surface area contributed by atoms with Gasteiger partial charge in [0.25, 0.3) is 15.9 Å². The molecule has 10 heteroatoms. The van der Waals surface area contributed by atoms with E-state index in [0.717, 1.165) is 0 Å². The van der Waals surface area contributed by atoms with Crippen molar-refractivity contribution < 1.29 is 27.1 Å². The van der Waals surface area contributed by atoms with Crippen molar-refractivity contribution in [3.05, 3.63) is 66.6 Å². The Morgan fingerprint density at radius 2 is 1.68 bits per heavy atom. The number of sulfonamides is 1. The molecule has 0 spiro atoms. The highest BCUT2D eigenvalue weighted by atomic mass is 32.2. The smallest absolute Gasteiger partial charge is 0.289 e. The molecule has 1 aromatic heterocycles. The van der Waals surface area contributed by atoms with Gasteiger partial charge in [-0.1, -0.05) is 0 Å². The summed E-state index contributed by atoms with van der Waals surface area (Å²) in [5, 5.41) is 0. The Balaban J connectivity index is 1.55. The topological polar surface area (TPSA) is 92.5 Å². The summed E-state index contributed by atoms with van der Waals surface area (Å²) in [6.07, 6.45) is 1.48. The second-order valence-electron chi connectivity index (χ2n) is 7.76. The molecule has 1 fully saturated rings. The van der Waals surface area contributed by atoms with Crippen molar-refractivity contribution in [2.75, 3.05) is 56.7 Å². The minimum absolute atomic E-state index is 0.149. The van der Waals surface area contributed by atoms with Gasteiger partial charge < -0.3 is 23.7 Å². The SMILES string of the molecule is COc1ccc(N(C)S(=O)(=O)c2ccc(OC)c(N3CCN(C(=O)c4ccco4)CC3)c2)cc1. The van der Waals surface area contributed by atoms with E-state index >= 15 is 0 Å². The number of carbonyl (C=O) groups is 1. The molecule has 1 amide bonds. The lowest BCUT2D eigenvalue weighted by atomic mass is 10.2. The van der Waals surface area contributed by atoms with Gasteiger partial charge in [-0.25, -0.2) is 8.42 Å². The first kappa shape index (κ1) is 23.5. The van der Waals surface area contributed by atoms with E-state index in [4.69, 9.17) is 13.9 Å². The number of nitrogens with zero attached hydrogens (tertiary/aromatic N) is 3. The zero-order valence-electron chi connectivity index (χ0n) is 19.3. The molecule has 1 aliphatic rings. The van der Waals surface area contributed by atoms with Gasteiger partial charge in [0.15, 0.2) is 5.76 Å². The summed E-state index contributed by atoms with van der Waals surface area (Å²) in [6.45, 7) is 2.01. The fourth-order valence-corrected chi connectivity index (χ4v) is 5.09. The van der Waals surface area contributed by atoms with Crippen LogP contribution in [-0.4, -0.2) is 66.7 Å². The number of piperazine rings is 1. The third-order valence-corrected chi connectivity index (χ3v) is 7.67. The average molecular weight is 486 g/mol. The van der Waals surface area contributed by atoms with Crippen LogP contribution in [0.4, 0.5) is 11.4 Å². The van der Waals surface area contributed by atoms with Crippen molar-refractivity contribution in [1.29, 1.82) is 0 Å². The molecule has 3 aromatic rings. The normalized spacial score (nSPS) is 14.1. The maximum atomic E-state index is 13.4. The Labute approximate surface area is 199 Å². The van der Waals surface area contributed by atoms with E-state index in [-0.39, 0.29) is 10.8 Å². The largest absolute Gasteiger partial charge is 0.497 e. The maximum Gasteiger partial charge on any atom is 0.289 e. The molecule has 0 bridgehead atoms. The molecule has 0 atom stereocenters. The molecule has 2 aromatic carbocycles. The van der Waals surface area contributed by atoms with Crippen LogP contribution in [0.15, 0.2) is 70.2 Å². The summed E-state index contributed by atoms with van der Waals surface area (Å²) >= 11 is 0. The van der Waals surface area contributed by atoms with Gasteiger partial charge in [0, 0.05) is 33.2 Å². The first-order valence-electron chi connectivity index (χ1n) is 10.7. The fourth-order valence-electron chi connectivity index (χ4n) is 3.87. The third kappa shape index (κ3) is 4.54. The molecule has 0 radical (unpaired) electrons. The number of amides is 1. The second kappa shape index (κ2) is 9.68. The zero-order valence-corrected chi connectivity index (χ0v) is 20.1. The predicted octanol–water partition coefficient (Wildman–Crippen LogP) is 3.08. The van der Waals surface area contributed by atoms with E-state index in [1.165, 1.54) is 23.7 Å². The Kier molecular flexibility index (Phi) is 6.69. The number of anilines is 2. The zero-order chi connectivity index (χ0) is 24.3. The molecule has 4 rings (SSSR count). The van der Waals surface area contributed by atoms with E-state index in [2.05, 4.69) is 0 Å². The van der Waals surface area contributed by atoms with E-state index < -0.39 is 10.0 Å². The van der Waals surface area contributed by atoms with E-state index in [0.29, 0.717) is 54.8 Å². The van der Waals surface area contributed by atoms with Crippen molar-refractivity contribution in [2.45, 2.75) is 4.90 Å². The van der Waals surface area contributed by atoms with Gasteiger partial charge in [-0.15, -0.1) is 0 Å². The summed E-state index contributed by atoms with van der Waals surface area (Å²) in [5.41, 5.74) is 1.18. The van der Waals surface area contributed by atoms with Gasteiger partial charge in [0.05, 0.1) is 36.8 Å². The highest BCUT2D eigenvalue weighted by molar-refractivity contribution is 7.92.